The summed E-state index contributed by atoms with van der Waals surface area (Å²) in [6.07, 6.45) is 3.98. The molecule has 1 saturated heterocycles. The van der Waals surface area contributed by atoms with Gasteiger partial charge in [-0.25, -0.2) is 4.98 Å². The van der Waals surface area contributed by atoms with E-state index in [1.807, 2.05) is 7.05 Å². The zero-order valence-corrected chi connectivity index (χ0v) is 12.9. The van der Waals surface area contributed by atoms with Crippen molar-refractivity contribution in [3.8, 4) is 0 Å². The summed E-state index contributed by atoms with van der Waals surface area (Å²) in [4.78, 5) is 6.23. The van der Waals surface area contributed by atoms with Crippen molar-refractivity contribution in [1.29, 1.82) is 0 Å². The minimum atomic E-state index is -0.225. The van der Waals surface area contributed by atoms with Gasteiger partial charge in [0.05, 0.1) is 5.69 Å². The summed E-state index contributed by atoms with van der Waals surface area (Å²) in [6.45, 7) is 4.61. The van der Waals surface area contributed by atoms with E-state index in [9.17, 15) is 0 Å². The van der Waals surface area contributed by atoms with E-state index in [0.29, 0.717) is 0 Å². The van der Waals surface area contributed by atoms with Gasteiger partial charge in [-0.05, 0) is 13.5 Å². The van der Waals surface area contributed by atoms with Gasteiger partial charge in [-0.15, -0.1) is 11.3 Å². The lowest BCUT2D eigenvalue weighted by atomic mass is 9.95. The van der Waals surface area contributed by atoms with Crippen molar-refractivity contribution >= 4 is 11.3 Å². The Balaban J connectivity index is 2.29. The average Bonchev–Trinajstić information content (AvgIpc) is 2.84. The molecule has 0 atom stereocenters. The normalized spacial score (nSPS) is 18.7. The molecule has 1 N–H and O–H groups in total. The molecule has 1 aromatic rings. The van der Waals surface area contributed by atoms with Crippen molar-refractivity contribution in [2.75, 3.05) is 27.4 Å². The summed E-state index contributed by atoms with van der Waals surface area (Å²) >= 11 is 1.80. The van der Waals surface area contributed by atoms with E-state index in [2.05, 4.69) is 12.2 Å². The largest absolute Gasteiger partial charge is 0.381 e. The molecular weight excluding hydrogens is 260 g/mol. The number of aryl methyl sites for hydroxylation is 1. The lowest BCUT2D eigenvalue weighted by molar-refractivity contribution is -0.0948. The van der Waals surface area contributed by atoms with Crippen LogP contribution in [0, 0.1) is 0 Å². The van der Waals surface area contributed by atoms with Gasteiger partial charge >= 0.3 is 0 Å². The SMILES string of the molecule is CCCc1nc(C2(OC)CCOCC2)sc1CNC. The molecule has 19 heavy (non-hydrogen) atoms. The second-order valence-electron chi connectivity index (χ2n) is 4.98. The zero-order valence-electron chi connectivity index (χ0n) is 12.1. The lowest BCUT2D eigenvalue weighted by Gasteiger charge is -2.33. The van der Waals surface area contributed by atoms with Crippen molar-refractivity contribution in [2.45, 2.75) is 44.8 Å². The molecule has 1 fully saturated rings. The van der Waals surface area contributed by atoms with E-state index in [-0.39, 0.29) is 5.60 Å². The van der Waals surface area contributed by atoms with Crippen LogP contribution in [0.3, 0.4) is 0 Å². The Kier molecular flexibility index (Phi) is 5.33. The molecule has 0 saturated carbocycles. The third-order valence-corrected chi connectivity index (χ3v) is 4.97. The first kappa shape index (κ1) is 14.9. The molecule has 1 aliphatic rings. The maximum Gasteiger partial charge on any atom is 0.125 e. The third kappa shape index (κ3) is 3.16. The first-order valence-corrected chi connectivity index (χ1v) is 7.84. The molecule has 1 aliphatic heterocycles. The summed E-state index contributed by atoms with van der Waals surface area (Å²) in [5.74, 6) is 0. The van der Waals surface area contributed by atoms with Gasteiger partial charge in [-0.3, -0.25) is 0 Å². The van der Waals surface area contributed by atoms with Gasteiger partial charge in [0, 0.05) is 44.6 Å². The Morgan fingerprint density at radius 1 is 1.42 bits per heavy atom. The number of methoxy groups -OCH3 is 1. The minimum Gasteiger partial charge on any atom is -0.381 e. The molecule has 2 rings (SSSR count). The maximum absolute atomic E-state index is 5.84. The highest BCUT2D eigenvalue weighted by molar-refractivity contribution is 7.11. The van der Waals surface area contributed by atoms with Crippen LogP contribution in [0.4, 0.5) is 0 Å². The van der Waals surface area contributed by atoms with Gasteiger partial charge in [-0.1, -0.05) is 13.3 Å². The molecule has 1 aromatic heterocycles. The number of rotatable bonds is 6. The first-order chi connectivity index (χ1) is 9.25. The molecule has 108 valence electrons. The number of ether oxygens (including phenoxy) is 2. The smallest absolute Gasteiger partial charge is 0.125 e. The van der Waals surface area contributed by atoms with Gasteiger partial charge in [0.1, 0.15) is 10.6 Å². The molecule has 0 spiro atoms. The summed E-state index contributed by atoms with van der Waals surface area (Å²) < 4.78 is 11.3. The van der Waals surface area contributed by atoms with E-state index < -0.39 is 0 Å². The molecule has 5 heteroatoms. The third-order valence-electron chi connectivity index (χ3n) is 3.68. The Morgan fingerprint density at radius 2 is 2.16 bits per heavy atom. The highest BCUT2D eigenvalue weighted by atomic mass is 32.1. The van der Waals surface area contributed by atoms with Crippen molar-refractivity contribution in [2.24, 2.45) is 0 Å². The average molecular weight is 284 g/mol. The second-order valence-corrected chi connectivity index (χ2v) is 6.06. The number of nitrogens with one attached hydrogen (secondary N) is 1. The van der Waals surface area contributed by atoms with Gasteiger partial charge < -0.3 is 14.8 Å². The van der Waals surface area contributed by atoms with Crippen LogP contribution in [-0.2, 0) is 28.0 Å². The van der Waals surface area contributed by atoms with Gasteiger partial charge in [-0.2, -0.15) is 0 Å². The molecule has 0 amide bonds. The molecule has 0 aromatic carbocycles. The molecular formula is C14H24N2O2S. The van der Waals surface area contributed by atoms with Crippen LogP contribution >= 0.6 is 11.3 Å². The van der Waals surface area contributed by atoms with Crippen LogP contribution < -0.4 is 5.32 Å². The van der Waals surface area contributed by atoms with Gasteiger partial charge in [0.15, 0.2) is 0 Å². The molecule has 0 aliphatic carbocycles. The fourth-order valence-corrected chi connectivity index (χ4v) is 3.86. The molecule has 4 nitrogen and oxygen atoms in total. The number of thiazole rings is 1. The summed E-state index contributed by atoms with van der Waals surface area (Å²) in [7, 11) is 3.78. The minimum absolute atomic E-state index is 0.225. The van der Waals surface area contributed by atoms with Crippen molar-refractivity contribution in [1.82, 2.24) is 10.3 Å². The fourth-order valence-electron chi connectivity index (χ4n) is 2.52. The zero-order chi connectivity index (χ0) is 13.7. The summed E-state index contributed by atoms with van der Waals surface area (Å²) in [6, 6.07) is 0. The standard InChI is InChI=1S/C14H24N2O2S/c1-4-5-11-12(10-15-2)19-13(16-11)14(17-3)6-8-18-9-7-14/h15H,4-10H2,1-3H3. The summed E-state index contributed by atoms with van der Waals surface area (Å²) in [5, 5.41) is 4.37. The van der Waals surface area contributed by atoms with Crippen molar-refractivity contribution < 1.29 is 9.47 Å². The number of hydrogen-bond acceptors (Lipinski definition) is 5. The topological polar surface area (TPSA) is 43.4 Å². The maximum atomic E-state index is 5.84. The van der Waals surface area contributed by atoms with Crippen molar-refractivity contribution in [3.05, 3.63) is 15.6 Å². The molecule has 0 radical (unpaired) electrons. The van der Waals surface area contributed by atoms with Crippen LogP contribution in [0.2, 0.25) is 0 Å². The summed E-state index contributed by atoms with van der Waals surface area (Å²) in [5.41, 5.74) is 1.01. The van der Waals surface area contributed by atoms with Crippen LogP contribution in [0.5, 0.6) is 0 Å². The Bertz CT molecular complexity index is 377. The monoisotopic (exact) mass is 284 g/mol. The van der Waals surface area contributed by atoms with Crippen molar-refractivity contribution in [3.63, 3.8) is 0 Å². The fraction of sp³-hybridized carbons (Fsp3) is 0.786. The van der Waals surface area contributed by atoms with Gasteiger partial charge in [0.25, 0.3) is 0 Å². The van der Waals surface area contributed by atoms with E-state index >= 15 is 0 Å². The van der Waals surface area contributed by atoms with E-state index in [1.54, 1.807) is 18.4 Å². The molecule has 0 bridgehead atoms. The molecule has 2 heterocycles. The van der Waals surface area contributed by atoms with E-state index in [1.165, 1.54) is 10.6 Å². The van der Waals surface area contributed by atoms with Gasteiger partial charge in [0.2, 0.25) is 0 Å². The number of hydrogen-bond donors (Lipinski definition) is 1. The lowest BCUT2D eigenvalue weighted by Crippen LogP contribution is -2.35. The highest BCUT2D eigenvalue weighted by Gasteiger charge is 2.38. The Morgan fingerprint density at radius 3 is 2.74 bits per heavy atom. The Labute approximate surface area is 119 Å². The number of aromatic nitrogens is 1. The second kappa shape index (κ2) is 6.79. The first-order valence-electron chi connectivity index (χ1n) is 7.02. The van der Waals surface area contributed by atoms with Crippen LogP contribution in [0.1, 0.15) is 41.8 Å². The predicted molar refractivity (Wildman–Crippen MR) is 77.6 cm³/mol. The predicted octanol–water partition coefficient (Wildman–Crippen LogP) is 2.47. The quantitative estimate of drug-likeness (QED) is 0.871. The van der Waals surface area contributed by atoms with Crippen LogP contribution in [0.15, 0.2) is 0 Å². The van der Waals surface area contributed by atoms with Crippen LogP contribution in [-0.4, -0.2) is 32.4 Å². The van der Waals surface area contributed by atoms with E-state index in [4.69, 9.17) is 14.5 Å². The Hall–Kier alpha value is -0.490. The number of nitrogens with zero attached hydrogens (tertiary/aromatic N) is 1. The van der Waals surface area contributed by atoms with E-state index in [0.717, 1.165) is 50.4 Å². The highest BCUT2D eigenvalue weighted by Crippen LogP contribution is 2.39. The molecule has 0 unspecified atom stereocenters. The van der Waals surface area contributed by atoms with Crippen LogP contribution in [0.25, 0.3) is 0 Å².